The lowest BCUT2D eigenvalue weighted by molar-refractivity contribution is 0.00578. The highest BCUT2D eigenvalue weighted by Gasteiger charge is 2.52. The van der Waals surface area contributed by atoms with E-state index in [1.54, 1.807) is 18.0 Å². The number of nitrogens with one attached hydrogen (secondary N) is 1. The number of likely N-dealkylation sites (N-methyl/N-ethyl adjacent to an activating group) is 1. The lowest BCUT2D eigenvalue weighted by Crippen LogP contribution is -2.41. The molecular formula is C18H27BClFN2O3. The molecular weight excluding hydrogens is 357 g/mol. The summed E-state index contributed by atoms with van der Waals surface area (Å²) in [6, 6.07) is 4.55. The molecule has 0 bridgehead atoms. The molecule has 2 aliphatic heterocycles. The molecule has 144 valence electrons. The molecule has 0 radical (unpaired) electrons. The fraction of sp³-hybridized carbons (Fsp3) is 0.611. The van der Waals surface area contributed by atoms with Gasteiger partial charge < -0.3 is 19.5 Å². The first-order valence-electron chi connectivity index (χ1n) is 8.75. The molecule has 0 spiro atoms. The monoisotopic (exact) mass is 384 g/mol. The van der Waals surface area contributed by atoms with Crippen molar-refractivity contribution in [3.05, 3.63) is 29.6 Å². The number of carbonyl (C=O) groups excluding carboxylic acids is 1. The molecule has 1 aromatic rings. The number of rotatable bonds is 3. The van der Waals surface area contributed by atoms with Crippen LogP contribution in [0.3, 0.4) is 0 Å². The smallest absolute Gasteiger partial charge is 0.399 e. The van der Waals surface area contributed by atoms with Gasteiger partial charge in [0.1, 0.15) is 5.82 Å². The largest absolute Gasteiger partial charge is 0.497 e. The third-order valence-corrected chi connectivity index (χ3v) is 5.65. The molecule has 2 heterocycles. The molecule has 5 nitrogen and oxygen atoms in total. The zero-order valence-corrected chi connectivity index (χ0v) is 16.8. The van der Waals surface area contributed by atoms with Gasteiger partial charge in [0.05, 0.1) is 11.2 Å². The van der Waals surface area contributed by atoms with Gasteiger partial charge in [0, 0.05) is 30.7 Å². The molecule has 0 unspecified atom stereocenters. The van der Waals surface area contributed by atoms with Gasteiger partial charge >= 0.3 is 7.12 Å². The van der Waals surface area contributed by atoms with Crippen LogP contribution in [-0.2, 0) is 9.31 Å². The van der Waals surface area contributed by atoms with Crippen molar-refractivity contribution in [1.82, 2.24) is 10.2 Å². The van der Waals surface area contributed by atoms with E-state index in [0.717, 1.165) is 19.5 Å². The normalized spacial score (nSPS) is 23.6. The highest BCUT2D eigenvalue weighted by Crippen LogP contribution is 2.36. The molecule has 1 atom stereocenters. The van der Waals surface area contributed by atoms with Crippen molar-refractivity contribution in [3.63, 3.8) is 0 Å². The predicted octanol–water partition coefficient (Wildman–Crippen LogP) is 1.98. The number of hydrogen-bond acceptors (Lipinski definition) is 4. The molecule has 26 heavy (non-hydrogen) atoms. The Morgan fingerprint density at radius 1 is 1.27 bits per heavy atom. The number of nitrogens with zero attached hydrogens (tertiary/aromatic N) is 1. The Balaban J connectivity index is 0.00000243. The van der Waals surface area contributed by atoms with E-state index in [0.29, 0.717) is 5.56 Å². The van der Waals surface area contributed by atoms with Gasteiger partial charge in [-0.1, -0.05) is 0 Å². The van der Waals surface area contributed by atoms with E-state index >= 15 is 0 Å². The first-order chi connectivity index (χ1) is 11.6. The summed E-state index contributed by atoms with van der Waals surface area (Å²) >= 11 is 0. The minimum Gasteiger partial charge on any atom is -0.399 e. The van der Waals surface area contributed by atoms with Crippen molar-refractivity contribution >= 4 is 30.9 Å². The first kappa shape index (κ1) is 21.2. The average Bonchev–Trinajstić information content (AvgIpc) is 3.13. The molecule has 1 N–H and O–H groups in total. The fourth-order valence-electron chi connectivity index (χ4n) is 3.17. The van der Waals surface area contributed by atoms with E-state index in [2.05, 4.69) is 5.32 Å². The molecule has 0 saturated carbocycles. The zero-order valence-electron chi connectivity index (χ0n) is 16.0. The molecule has 2 aliphatic rings. The average molecular weight is 385 g/mol. The zero-order chi connectivity index (χ0) is 18.4. The lowest BCUT2D eigenvalue weighted by atomic mass is 9.78. The third-order valence-electron chi connectivity index (χ3n) is 5.65. The number of hydrogen-bond donors (Lipinski definition) is 1. The predicted molar refractivity (Wildman–Crippen MR) is 103 cm³/mol. The standard InChI is InChI=1S/C18H26BFN2O3.ClH/c1-17(2)18(3,4)25-19(24-17)14-10-12(6-7-15(14)20)16(23)22(5)13-8-9-21-11-13;/h6-7,10,13,21H,8-9,11H2,1-5H3;1H/t13-;/m0./s1. The minimum atomic E-state index is -0.823. The van der Waals surface area contributed by atoms with E-state index in [1.165, 1.54) is 12.1 Å². The SMILES string of the molecule is CN(C(=O)c1ccc(F)c(B2OC(C)(C)C(C)(C)O2)c1)[C@H]1CCNC1.Cl. The summed E-state index contributed by atoms with van der Waals surface area (Å²) < 4.78 is 26.3. The van der Waals surface area contributed by atoms with E-state index in [9.17, 15) is 9.18 Å². The number of amides is 1. The number of halogens is 2. The fourth-order valence-corrected chi connectivity index (χ4v) is 3.17. The maximum atomic E-state index is 14.4. The third kappa shape index (κ3) is 3.76. The van der Waals surface area contributed by atoms with E-state index in [4.69, 9.17) is 9.31 Å². The summed E-state index contributed by atoms with van der Waals surface area (Å²) in [6.45, 7) is 9.36. The molecule has 1 aromatic carbocycles. The molecule has 0 aromatic heterocycles. The highest BCUT2D eigenvalue weighted by atomic mass is 35.5. The van der Waals surface area contributed by atoms with Crippen molar-refractivity contribution < 1.29 is 18.5 Å². The van der Waals surface area contributed by atoms with Crippen LogP contribution < -0.4 is 10.8 Å². The molecule has 3 rings (SSSR count). The molecule has 0 aliphatic carbocycles. The summed E-state index contributed by atoms with van der Waals surface area (Å²) in [5, 5.41) is 3.25. The second-order valence-electron chi connectivity index (χ2n) is 7.89. The van der Waals surface area contributed by atoms with Gasteiger partial charge in [-0.25, -0.2) is 4.39 Å². The van der Waals surface area contributed by atoms with Crippen LogP contribution in [-0.4, -0.2) is 55.3 Å². The van der Waals surface area contributed by atoms with Crippen molar-refractivity contribution in [2.75, 3.05) is 20.1 Å². The molecule has 2 saturated heterocycles. The van der Waals surface area contributed by atoms with Gasteiger partial charge in [0.2, 0.25) is 0 Å². The minimum absolute atomic E-state index is 0. The Kier molecular flexibility index (Phi) is 6.08. The maximum absolute atomic E-state index is 14.4. The van der Waals surface area contributed by atoms with Crippen LogP contribution in [0.1, 0.15) is 44.5 Å². The van der Waals surface area contributed by atoms with Gasteiger partial charge in [-0.2, -0.15) is 0 Å². The maximum Gasteiger partial charge on any atom is 0.497 e. The van der Waals surface area contributed by atoms with Gasteiger partial charge in [-0.15, -0.1) is 12.4 Å². The van der Waals surface area contributed by atoms with E-state index in [-0.39, 0.29) is 29.8 Å². The number of carbonyl (C=O) groups is 1. The summed E-state index contributed by atoms with van der Waals surface area (Å²) in [5.74, 6) is -0.549. The Morgan fingerprint density at radius 2 is 1.88 bits per heavy atom. The molecule has 2 fully saturated rings. The van der Waals surface area contributed by atoms with E-state index < -0.39 is 24.1 Å². The van der Waals surface area contributed by atoms with Gasteiger partial charge in [0.25, 0.3) is 5.91 Å². The second kappa shape index (κ2) is 7.47. The van der Waals surface area contributed by atoms with Crippen LogP contribution in [0.2, 0.25) is 0 Å². The van der Waals surface area contributed by atoms with Crippen molar-refractivity contribution in [3.8, 4) is 0 Å². The number of benzene rings is 1. The van der Waals surface area contributed by atoms with Gasteiger partial charge in [-0.3, -0.25) is 4.79 Å². The van der Waals surface area contributed by atoms with Crippen LogP contribution in [0.15, 0.2) is 18.2 Å². The molecule has 8 heteroatoms. The summed E-state index contributed by atoms with van der Waals surface area (Å²) in [6.07, 6.45) is 0.924. The van der Waals surface area contributed by atoms with Crippen molar-refractivity contribution in [2.45, 2.75) is 51.4 Å². The van der Waals surface area contributed by atoms with E-state index in [1.807, 2.05) is 27.7 Å². The topological polar surface area (TPSA) is 50.8 Å². The summed E-state index contributed by atoms with van der Waals surface area (Å²) in [5.41, 5.74) is -0.407. The Hall–Kier alpha value is -1.15. The Bertz CT molecular complexity index is 664. The van der Waals surface area contributed by atoms with Crippen LogP contribution in [0, 0.1) is 5.82 Å². The van der Waals surface area contributed by atoms with Crippen molar-refractivity contribution in [2.24, 2.45) is 0 Å². The van der Waals surface area contributed by atoms with Gasteiger partial charge in [0.15, 0.2) is 0 Å². The highest BCUT2D eigenvalue weighted by molar-refractivity contribution is 6.62. The van der Waals surface area contributed by atoms with Crippen LogP contribution in [0.4, 0.5) is 4.39 Å². The first-order valence-corrected chi connectivity index (χ1v) is 8.75. The summed E-state index contributed by atoms with van der Waals surface area (Å²) in [4.78, 5) is 14.5. The lowest BCUT2D eigenvalue weighted by Gasteiger charge is -2.32. The Morgan fingerprint density at radius 3 is 2.42 bits per heavy atom. The van der Waals surface area contributed by atoms with Gasteiger partial charge in [-0.05, 0) is 58.9 Å². The van der Waals surface area contributed by atoms with Crippen LogP contribution in [0.5, 0.6) is 0 Å². The van der Waals surface area contributed by atoms with Crippen LogP contribution in [0.25, 0.3) is 0 Å². The van der Waals surface area contributed by atoms with Crippen LogP contribution >= 0.6 is 12.4 Å². The van der Waals surface area contributed by atoms with Crippen molar-refractivity contribution in [1.29, 1.82) is 0 Å². The Labute approximate surface area is 161 Å². The second-order valence-corrected chi connectivity index (χ2v) is 7.89. The summed E-state index contributed by atoms with van der Waals surface area (Å²) in [7, 11) is 0.967. The molecule has 1 amide bonds. The quantitative estimate of drug-likeness (QED) is 0.810.